The molecule has 0 heterocycles. The van der Waals surface area contributed by atoms with Crippen molar-refractivity contribution in [1.82, 2.24) is 0 Å². The molecular weight excluding hydrogens is 693 g/mol. The molecule has 0 N–H and O–H groups in total. The van der Waals surface area contributed by atoms with E-state index in [1.807, 2.05) is 12.1 Å². The summed E-state index contributed by atoms with van der Waals surface area (Å²) in [6, 6.07) is 29.2. The number of hydrogen-bond donors (Lipinski definition) is 0. The van der Waals surface area contributed by atoms with Crippen molar-refractivity contribution in [2.75, 3.05) is 106 Å². The van der Waals surface area contributed by atoms with E-state index in [1.54, 1.807) is 18.2 Å². The normalized spacial score (nSPS) is 12.4. The molecule has 0 aromatic heterocycles. The number of benzene rings is 3. The van der Waals surface area contributed by atoms with Crippen molar-refractivity contribution >= 4 is 28.8 Å². The van der Waals surface area contributed by atoms with Crippen molar-refractivity contribution in [3.05, 3.63) is 91.0 Å². The Kier molecular flexibility index (Phi) is 20.7. The van der Waals surface area contributed by atoms with E-state index in [0.29, 0.717) is 92.5 Å². The quantitative estimate of drug-likeness (QED) is 0.0581. The van der Waals surface area contributed by atoms with E-state index in [2.05, 4.69) is 69.3 Å². The number of ether oxygens (including phenoxy) is 7. The van der Waals surface area contributed by atoms with Crippen LogP contribution in [0.3, 0.4) is 0 Å². The second-order valence-corrected chi connectivity index (χ2v) is 18.3. The van der Waals surface area contributed by atoms with Crippen molar-refractivity contribution in [2.24, 2.45) is 0 Å². The maximum Gasteiger partial charge on any atom is 0.297 e. The summed E-state index contributed by atoms with van der Waals surface area (Å²) < 4.78 is 74.6. The van der Waals surface area contributed by atoms with Crippen LogP contribution < -0.4 is 10.4 Å². The molecule has 0 saturated heterocycles. The second-order valence-electron chi connectivity index (χ2n) is 12.4. The van der Waals surface area contributed by atoms with Crippen LogP contribution in [0.15, 0.2) is 95.9 Å². The van der Waals surface area contributed by atoms with Crippen LogP contribution in [0.5, 0.6) is 0 Å². The van der Waals surface area contributed by atoms with Gasteiger partial charge in [-0.1, -0.05) is 99.6 Å². The molecular formula is C38H56O11SSi. The summed E-state index contributed by atoms with van der Waals surface area (Å²) in [6.07, 6.45) is 0. The predicted molar refractivity (Wildman–Crippen MR) is 199 cm³/mol. The molecule has 0 unspecified atom stereocenters. The van der Waals surface area contributed by atoms with Crippen LogP contribution in [-0.2, 0) is 51.9 Å². The van der Waals surface area contributed by atoms with E-state index >= 15 is 0 Å². The van der Waals surface area contributed by atoms with Crippen LogP contribution in [0.4, 0.5) is 0 Å². The van der Waals surface area contributed by atoms with Gasteiger partial charge in [-0.3, -0.25) is 4.18 Å². The van der Waals surface area contributed by atoms with Gasteiger partial charge in [0.15, 0.2) is 0 Å². The van der Waals surface area contributed by atoms with Gasteiger partial charge in [0, 0.05) is 0 Å². The molecule has 11 nitrogen and oxygen atoms in total. The molecule has 3 aromatic carbocycles. The molecule has 0 amide bonds. The Bertz CT molecular complexity index is 1350. The Morgan fingerprint density at radius 1 is 0.431 bits per heavy atom. The van der Waals surface area contributed by atoms with Gasteiger partial charge in [0.1, 0.15) is 0 Å². The van der Waals surface area contributed by atoms with Gasteiger partial charge >= 0.3 is 0 Å². The molecule has 0 fully saturated rings. The lowest BCUT2D eigenvalue weighted by atomic mass is 10.2. The topological polar surface area (TPSA) is 117 Å². The molecule has 0 spiro atoms. The van der Waals surface area contributed by atoms with Gasteiger partial charge < -0.3 is 37.6 Å². The van der Waals surface area contributed by atoms with E-state index in [0.717, 1.165) is 0 Å². The summed E-state index contributed by atoms with van der Waals surface area (Å²) >= 11 is 0. The highest BCUT2D eigenvalue weighted by Gasteiger charge is 2.50. The largest absolute Gasteiger partial charge is 0.405 e. The highest BCUT2D eigenvalue weighted by molar-refractivity contribution is 7.86. The summed E-state index contributed by atoms with van der Waals surface area (Å²) in [5, 5.41) is 2.45. The zero-order valence-electron chi connectivity index (χ0n) is 30.4. The van der Waals surface area contributed by atoms with Gasteiger partial charge in [-0.15, -0.1) is 0 Å². The summed E-state index contributed by atoms with van der Waals surface area (Å²) in [4.78, 5) is 0.122. The Labute approximate surface area is 305 Å². The molecule has 0 aliphatic rings. The molecule has 0 radical (unpaired) electrons. The molecule has 0 aliphatic heterocycles. The third-order valence-corrected chi connectivity index (χ3v) is 14.1. The zero-order valence-corrected chi connectivity index (χ0v) is 32.2. The molecule has 0 saturated carbocycles. The van der Waals surface area contributed by atoms with Crippen molar-refractivity contribution in [1.29, 1.82) is 0 Å². The van der Waals surface area contributed by atoms with Crippen molar-refractivity contribution < 1.29 is 50.2 Å². The van der Waals surface area contributed by atoms with E-state index < -0.39 is 18.4 Å². The molecule has 3 aromatic rings. The van der Waals surface area contributed by atoms with E-state index in [1.165, 1.54) is 22.5 Å². The maximum absolute atomic E-state index is 12.0. The molecule has 0 aliphatic carbocycles. The Balaban J connectivity index is 1.08. The summed E-state index contributed by atoms with van der Waals surface area (Å²) in [5.41, 5.74) is 0. The summed E-state index contributed by atoms with van der Waals surface area (Å²) in [5.74, 6) is 0. The smallest absolute Gasteiger partial charge is 0.297 e. The van der Waals surface area contributed by atoms with Crippen molar-refractivity contribution in [3.63, 3.8) is 0 Å². The monoisotopic (exact) mass is 748 g/mol. The fraction of sp³-hybridized carbons (Fsp3) is 0.526. The van der Waals surface area contributed by atoms with Gasteiger partial charge in [-0.05, 0) is 27.5 Å². The third-order valence-electron chi connectivity index (χ3n) is 7.69. The first-order valence-electron chi connectivity index (χ1n) is 17.5. The molecule has 0 atom stereocenters. The highest BCUT2D eigenvalue weighted by Crippen LogP contribution is 2.36. The maximum atomic E-state index is 12.0. The minimum Gasteiger partial charge on any atom is -0.405 e. The van der Waals surface area contributed by atoms with Gasteiger partial charge in [0.25, 0.3) is 18.4 Å². The molecule has 3 rings (SSSR count). The zero-order chi connectivity index (χ0) is 36.5. The lowest BCUT2D eigenvalue weighted by Crippen LogP contribution is -2.66. The number of hydrogen-bond acceptors (Lipinski definition) is 11. The first-order valence-corrected chi connectivity index (χ1v) is 20.8. The van der Waals surface area contributed by atoms with Gasteiger partial charge in [0.2, 0.25) is 0 Å². The standard InChI is InChI=1S/C38H56O11SSi/c1-38(2,3)51(36-15-9-5-10-16-36,37-17-11-6-12-18-37)49-34-32-47-30-28-45-26-24-43-22-20-41-19-21-42-23-25-44-27-29-46-31-33-48-50(39,40)35-13-7-4-8-14-35/h4-18H,19-34H2,1-3H3. The molecule has 284 valence electrons. The Morgan fingerprint density at radius 3 is 1.06 bits per heavy atom. The lowest BCUT2D eigenvalue weighted by Gasteiger charge is -2.43. The van der Waals surface area contributed by atoms with Crippen LogP contribution >= 0.6 is 0 Å². The fourth-order valence-electron chi connectivity index (χ4n) is 5.29. The number of rotatable bonds is 29. The highest BCUT2D eigenvalue weighted by atomic mass is 32.2. The van der Waals surface area contributed by atoms with Gasteiger partial charge in [-0.2, -0.15) is 8.42 Å². The first kappa shape index (κ1) is 42.9. The van der Waals surface area contributed by atoms with E-state index in [9.17, 15) is 8.42 Å². The summed E-state index contributed by atoms with van der Waals surface area (Å²) in [7, 11) is -6.31. The molecule has 13 heteroatoms. The van der Waals surface area contributed by atoms with Crippen molar-refractivity contribution in [3.8, 4) is 0 Å². The van der Waals surface area contributed by atoms with E-state index in [-0.39, 0.29) is 23.1 Å². The van der Waals surface area contributed by atoms with Crippen LogP contribution in [0.2, 0.25) is 5.04 Å². The van der Waals surface area contributed by atoms with Gasteiger partial charge in [-0.25, -0.2) is 0 Å². The summed E-state index contributed by atoms with van der Waals surface area (Å²) in [6.45, 7) is 13.3. The first-order chi connectivity index (χ1) is 24.8. The third kappa shape index (κ3) is 15.9. The minimum atomic E-state index is -3.76. The minimum absolute atomic E-state index is 0.0579. The average molecular weight is 749 g/mol. The molecule has 51 heavy (non-hydrogen) atoms. The van der Waals surface area contributed by atoms with Crippen LogP contribution in [0.1, 0.15) is 20.8 Å². The Morgan fingerprint density at radius 2 is 0.725 bits per heavy atom. The fourth-order valence-corrected chi connectivity index (χ4v) is 10.8. The average Bonchev–Trinajstić information content (AvgIpc) is 3.13. The lowest BCUT2D eigenvalue weighted by molar-refractivity contribution is -0.0219. The van der Waals surface area contributed by atoms with Gasteiger partial charge in [0.05, 0.1) is 111 Å². The van der Waals surface area contributed by atoms with Crippen molar-refractivity contribution in [2.45, 2.75) is 30.7 Å². The second kappa shape index (κ2) is 24.7. The predicted octanol–water partition coefficient (Wildman–Crippen LogP) is 4.08. The SMILES string of the molecule is CC(C)(C)[Si](OCCOCCOCCOCCOCCOCCOCCOCCOS(=O)(=O)c1ccccc1)(c1ccccc1)c1ccccc1. The Hall–Kier alpha value is -2.53. The van der Waals surface area contributed by atoms with Crippen LogP contribution in [0, 0.1) is 0 Å². The van der Waals surface area contributed by atoms with Crippen LogP contribution in [0.25, 0.3) is 0 Å². The molecule has 0 bridgehead atoms. The van der Waals surface area contributed by atoms with Crippen LogP contribution in [-0.4, -0.2) is 122 Å². The van der Waals surface area contributed by atoms with E-state index in [4.69, 9.17) is 41.8 Å².